The second kappa shape index (κ2) is 7.13. The predicted molar refractivity (Wildman–Crippen MR) is 67.3 cm³/mol. The molecule has 1 N–H and O–H groups in total. The highest BCUT2D eigenvalue weighted by atomic mass is 35.5. The molecule has 0 aromatic heterocycles. The van der Waals surface area contributed by atoms with E-state index >= 15 is 0 Å². The Morgan fingerprint density at radius 1 is 1.38 bits per heavy atom. The average Bonchev–Trinajstić information content (AvgIpc) is 2.25. The Labute approximate surface area is 106 Å². The molecule has 2 nitrogen and oxygen atoms in total. The van der Waals surface area contributed by atoms with E-state index in [2.05, 4.69) is 0 Å². The molecular weight excluding hydrogens is 247 g/mol. The van der Waals surface area contributed by atoms with Gasteiger partial charge in [0.05, 0.1) is 16.1 Å². The molecule has 0 fully saturated rings. The van der Waals surface area contributed by atoms with E-state index in [-0.39, 0.29) is 0 Å². The molecule has 4 heteroatoms. The van der Waals surface area contributed by atoms with Crippen molar-refractivity contribution in [3.63, 3.8) is 0 Å². The highest BCUT2D eigenvalue weighted by molar-refractivity contribution is 6.42. The van der Waals surface area contributed by atoms with Crippen molar-refractivity contribution in [2.45, 2.75) is 25.9 Å². The normalized spacial score (nSPS) is 12.8. The Bertz CT molecular complexity index is 329. The summed E-state index contributed by atoms with van der Waals surface area (Å²) < 4.78 is 5.18. The summed E-state index contributed by atoms with van der Waals surface area (Å²) in [4.78, 5) is 0. The maximum Gasteiger partial charge on any atom is 0.0625 e. The van der Waals surface area contributed by atoms with Crippen LogP contribution in [0.2, 0.25) is 10.0 Å². The minimum atomic E-state index is -0.442. The Balaban J connectivity index is 2.49. The van der Waals surface area contributed by atoms with E-state index in [0.717, 1.165) is 5.56 Å². The molecule has 0 radical (unpaired) electrons. The third kappa shape index (κ3) is 4.30. The largest absolute Gasteiger partial charge is 0.393 e. The van der Waals surface area contributed by atoms with Crippen molar-refractivity contribution in [3.8, 4) is 0 Å². The number of hydrogen-bond donors (Lipinski definition) is 1. The van der Waals surface area contributed by atoms with Crippen molar-refractivity contribution < 1.29 is 9.84 Å². The smallest absolute Gasteiger partial charge is 0.0625 e. The second-order valence-electron chi connectivity index (χ2n) is 3.56. The fourth-order valence-electron chi connectivity index (χ4n) is 1.43. The van der Waals surface area contributed by atoms with Gasteiger partial charge in [-0.15, -0.1) is 0 Å². The van der Waals surface area contributed by atoms with E-state index in [1.165, 1.54) is 0 Å². The van der Waals surface area contributed by atoms with Gasteiger partial charge in [-0.25, -0.2) is 0 Å². The molecule has 0 bridgehead atoms. The number of halogens is 2. The van der Waals surface area contributed by atoms with Gasteiger partial charge in [0.2, 0.25) is 0 Å². The van der Waals surface area contributed by atoms with Crippen molar-refractivity contribution in [1.82, 2.24) is 0 Å². The summed E-state index contributed by atoms with van der Waals surface area (Å²) in [6.07, 6.45) is 0.672. The zero-order valence-electron chi connectivity index (χ0n) is 9.25. The lowest BCUT2D eigenvalue weighted by Crippen LogP contribution is -2.14. The highest BCUT2D eigenvalue weighted by Crippen LogP contribution is 2.26. The molecule has 1 aromatic carbocycles. The van der Waals surface area contributed by atoms with Gasteiger partial charge in [0.15, 0.2) is 0 Å². The van der Waals surface area contributed by atoms with E-state index in [1.54, 1.807) is 6.07 Å². The quantitative estimate of drug-likeness (QED) is 0.798. The van der Waals surface area contributed by atoms with Crippen molar-refractivity contribution in [2.24, 2.45) is 0 Å². The van der Waals surface area contributed by atoms with Crippen LogP contribution in [0.1, 0.15) is 18.9 Å². The topological polar surface area (TPSA) is 29.5 Å². The van der Waals surface area contributed by atoms with Crippen molar-refractivity contribution in [1.29, 1.82) is 0 Å². The lowest BCUT2D eigenvalue weighted by Gasteiger charge is -2.12. The molecule has 0 aliphatic rings. The molecule has 1 rings (SSSR count). The zero-order chi connectivity index (χ0) is 12.0. The molecule has 1 unspecified atom stereocenters. The van der Waals surface area contributed by atoms with Crippen LogP contribution in [0.3, 0.4) is 0 Å². The van der Waals surface area contributed by atoms with Crippen LogP contribution < -0.4 is 0 Å². The van der Waals surface area contributed by atoms with Gasteiger partial charge in [-0.1, -0.05) is 35.3 Å². The van der Waals surface area contributed by atoms with Gasteiger partial charge >= 0.3 is 0 Å². The summed E-state index contributed by atoms with van der Waals surface area (Å²) in [7, 11) is 0. The lowest BCUT2D eigenvalue weighted by molar-refractivity contribution is 0.0887. The first kappa shape index (κ1) is 13.8. The zero-order valence-corrected chi connectivity index (χ0v) is 10.8. The molecule has 0 heterocycles. The third-order valence-corrected chi connectivity index (χ3v) is 3.14. The predicted octanol–water partition coefficient (Wildman–Crippen LogP) is 3.32. The summed E-state index contributed by atoms with van der Waals surface area (Å²) in [6.45, 7) is 3.17. The van der Waals surface area contributed by atoms with Crippen LogP contribution >= 0.6 is 23.2 Å². The number of aliphatic hydroxyl groups is 1. The van der Waals surface area contributed by atoms with E-state index in [0.29, 0.717) is 36.1 Å². The van der Waals surface area contributed by atoms with Gasteiger partial charge in [-0.2, -0.15) is 0 Å². The Morgan fingerprint density at radius 2 is 2.12 bits per heavy atom. The van der Waals surface area contributed by atoms with Crippen LogP contribution in [0.5, 0.6) is 0 Å². The molecule has 0 saturated carbocycles. The standard InChI is InChI=1S/C12H16Cl2O2/c1-2-16-7-6-10(15)8-9-4-3-5-11(13)12(9)14/h3-5,10,15H,2,6-8H2,1H3. The van der Waals surface area contributed by atoms with Crippen LogP contribution in [0.15, 0.2) is 18.2 Å². The highest BCUT2D eigenvalue weighted by Gasteiger charge is 2.10. The Morgan fingerprint density at radius 3 is 2.81 bits per heavy atom. The van der Waals surface area contributed by atoms with Crippen LogP contribution in [-0.2, 0) is 11.2 Å². The number of ether oxygens (including phenoxy) is 1. The van der Waals surface area contributed by atoms with Crippen LogP contribution in [0, 0.1) is 0 Å². The Hall–Kier alpha value is -0.280. The van der Waals surface area contributed by atoms with Gasteiger partial charge in [0.25, 0.3) is 0 Å². The fraction of sp³-hybridized carbons (Fsp3) is 0.500. The Kier molecular flexibility index (Phi) is 6.14. The van der Waals surface area contributed by atoms with Gasteiger partial charge in [-0.3, -0.25) is 0 Å². The van der Waals surface area contributed by atoms with Crippen molar-refractivity contribution in [2.75, 3.05) is 13.2 Å². The first-order chi connectivity index (χ1) is 7.65. The maximum absolute atomic E-state index is 9.76. The van der Waals surface area contributed by atoms with E-state index in [1.807, 2.05) is 19.1 Å². The lowest BCUT2D eigenvalue weighted by atomic mass is 10.1. The molecule has 1 aromatic rings. The van der Waals surface area contributed by atoms with E-state index < -0.39 is 6.10 Å². The summed E-state index contributed by atoms with van der Waals surface area (Å²) >= 11 is 11.9. The first-order valence-electron chi connectivity index (χ1n) is 5.33. The fourth-order valence-corrected chi connectivity index (χ4v) is 1.82. The maximum atomic E-state index is 9.76. The van der Waals surface area contributed by atoms with Crippen molar-refractivity contribution >= 4 is 23.2 Å². The number of aliphatic hydroxyl groups excluding tert-OH is 1. The molecule has 0 saturated heterocycles. The molecule has 90 valence electrons. The molecule has 0 aliphatic carbocycles. The second-order valence-corrected chi connectivity index (χ2v) is 4.34. The van der Waals surface area contributed by atoms with Crippen LogP contribution in [0.4, 0.5) is 0 Å². The molecule has 0 spiro atoms. The summed E-state index contributed by atoms with van der Waals surface area (Å²) in [6, 6.07) is 5.44. The van der Waals surface area contributed by atoms with Gasteiger partial charge in [0.1, 0.15) is 0 Å². The minimum Gasteiger partial charge on any atom is -0.393 e. The van der Waals surface area contributed by atoms with Crippen molar-refractivity contribution in [3.05, 3.63) is 33.8 Å². The monoisotopic (exact) mass is 262 g/mol. The minimum absolute atomic E-state index is 0.442. The molecule has 16 heavy (non-hydrogen) atoms. The number of hydrogen-bond acceptors (Lipinski definition) is 2. The summed E-state index contributed by atoms with van der Waals surface area (Å²) in [5.41, 5.74) is 0.873. The third-order valence-electron chi connectivity index (χ3n) is 2.29. The molecule has 1 atom stereocenters. The SMILES string of the molecule is CCOCCC(O)Cc1cccc(Cl)c1Cl. The number of rotatable bonds is 6. The summed E-state index contributed by atoms with van der Waals surface area (Å²) in [5.74, 6) is 0. The van der Waals surface area contributed by atoms with Gasteiger partial charge < -0.3 is 9.84 Å². The van der Waals surface area contributed by atoms with E-state index in [9.17, 15) is 5.11 Å². The molecule has 0 aliphatic heterocycles. The van der Waals surface area contributed by atoms with Gasteiger partial charge in [0, 0.05) is 13.2 Å². The average molecular weight is 263 g/mol. The van der Waals surface area contributed by atoms with Crippen LogP contribution in [-0.4, -0.2) is 24.4 Å². The summed E-state index contributed by atoms with van der Waals surface area (Å²) in [5, 5.41) is 10.8. The molecule has 0 amide bonds. The van der Waals surface area contributed by atoms with Crippen LogP contribution in [0.25, 0.3) is 0 Å². The first-order valence-corrected chi connectivity index (χ1v) is 6.09. The van der Waals surface area contributed by atoms with E-state index in [4.69, 9.17) is 27.9 Å². The molecular formula is C12H16Cl2O2. The van der Waals surface area contributed by atoms with Gasteiger partial charge in [-0.05, 0) is 31.4 Å². The number of benzene rings is 1.